The van der Waals surface area contributed by atoms with Crippen LogP contribution in [0.4, 0.5) is 0 Å². The molecule has 0 radical (unpaired) electrons. The Hall–Kier alpha value is -1.30. The van der Waals surface area contributed by atoms with E-state index in [2.05, 4.69) is 78.0 Å². The van der Waals surface area contributed by atoms with Gasteiger partial charge in [0.1, 0.15) is 0 Å². The normalized spacial score (nSPS) is 21.3. The van der Waals surface area contributed by atoms with Crippen molar-refractivity contribution in [1.82, 2.24) is 0 Å². The Kier molecular flexibility index (Phi) is 6.26. The summed E-state index contributed by atoms with van der Waals surface area (Å²) in [5.41, 5.74) is 6.02. The fourth-order valence-electron chi connectivity index (χ4n) is 2.73. The van der Waals surface area contributed by atoms with Crippen molar-refractivity contribution in [2.45, 2.75) is 60.8 Å². The molecular weight excluding hydrogens is 240 g/mol. The van der Waals surface area contributed by atoms with Gasteiger partial charge in [0.25, 0.3) is 0 Å². The van der Waals surface area contributed by atoms with E-state index in [1.54, 1.807) is 5.57 Å². The third-order valence-electron chi connectivity index (χ3n) is 4.23. The smallest absolute Gasteiger partial charge is 0.0104 e. The molecule has 0 N–H and O–H groups in total. The highest BCUT2D eigenvalue weighted by molar-refractivity contribution is 5.37. The van der Waals surface area contributed by atoms with Crippen LogP contribution in [-0.4, -0.2) is 0 Å². The van der Waals surface area contributed by atoms with E-state index in [4.69, 9.17) is 0 Å². The number of hydrogen-bond acceptors (Lipinski definition) is 0. The maximum Gasteiger partial charge on any atom is -0.0104 e. The first kappa shape index (κ1) is 16.8. The average Bonchev–Trinajstić information content (AvgIpc) is 2.37. The van der Waals surface area contributed by atoms with E-state index in [1.165, 1.54) is 36.0 Å². The molecule has 0 heteroatoms. The summed E-state index contributed by atoms with van der Waals surface area (Å²) in [6.45, 7) is 13.4. The maximum atomic E-state index is 2.36. The van der Waals surface area contributed by atoms with Crippen LogP contribution in [0.5, 0.6) is 0 Å². The van der Waals surface area contributed by atoms with Gasteiger partial charge in [-0.3, -0.25) is 0 Å². The Morgan fingerprint density at radius 3 is 2.40 bits per heavy atom. The summed E-state index contributed by atoms with van der Waals surface area (Å²) >= 11 is 0. The van der Waals surface area contributed by atoms with Gasteiger partial charge in [-0.2, -0.15) is 0 Å². The SMILES string of the molecule is CC=C(C)/C=C\C=C(C)C=CC1=C(C)CCCC1(C)C. The minimum atomic E-state index is 0.330. The molecule has 0 spiro atoms. The first-order chi connectivity index (χ1) is 9.36. The van der Waals surface area contributed by atoms with E-state index in [0.29, 0.717) is 5.41 Å². The summed E-state index contributed by atoms with van der Waals surface area (Å²) in [4.78, 5) is 0. The predicted molar refractivity (Wildman–Crippen MR) is 91.8 cm³/mol. The zero-order valence-corrected chi connectivity index (χ0v) is 14.1. The van der Waals surface area contributed by atoms with Gasteiger partial charge in [-0.05, 0) is 57.9 Å². The predicted octanol–water partition coefficient (Wildman–Crippen LogP) is 6.54. The average molecular weight is 270 g/mol. The zero-order valence-electron chi connectivity index (χ0n) is 14.1. The Labute approximate surface area is 125 Å². The van der Waals surface area contributed by atoms with Gasteiger partial charge in [-0.25, -0.2) is 0 Å². The molecule has 0 unspecified atom stereocenters. The molecule has 1 rings (SSSR count). The molecule has 0 saturated heterocycles. The van der Waals surface area contributed by atoms with Gasteiger partial charge in [0, 0.05) is 0 Å². The second-order valence-corrected chi connectivity index (χ2v) is 6.57. The summed E-state index contributed by atoms with van der Waals surface area (Å²) in [5.74, 6) is 0. The Morgan fingerprint density at radius 2 is 1.80 bits per heavy atom. The molecule has 20 heavy (non-hydrogen) atoms. The van der Waals surface area contributed by atoms with Crippen molar-refractivity contribution in [2.24, 2.45) is 5.41 Å². The van der Waals surface area contributed by atoms with Crippen LogP contribution in [0.1, 0.15) is 60.8 Å². The van der Waals surface area contributed by atoms with E-state index in [0.717, 1.165) is 0 Å². The van der Waals surface area contributed by atoms with Crippen LogP contribution >= 0.6 is 0 Å². The van der Waals surface area contributed by atoms with Crippen LogP contribution in [-0.2, 0) is 0 Å². The topological polar surface area (TPSA) is 0 Å². The second-order valence-electron chi connectivity index (χ2n) is 6.57. The Balaban J connectivity index is 2.81. The van der Waals surface area contributed by atoms with Crippen molar-refractivity contribution >= 4 is 0 Å². The molecule has 0 aromatic carbocycles. The molecule has 0 aromatic rings. The van der Waals surface area contributed by atoms with Gasteiger partial charge in [-0.15, -0.1) is 0 Å². The molecule has 0 aliphatic heterocycles. The number of hydrogen-bond donors (Lipinski definition) is 0. The van der Waals surface area contributed by atoms with E-state index in [9.17, 15) is 0 Å². The summed E-state index contributed by atoms with van der Waals surface area (Å²) in [5, 5.41) is 0. The molecule has 0 nitrogen and oxygen atoms in total. The van der Waals surface area contributed by atoms with Crippen molar-refractivity contribution in [3.8, 4) is 0 Å². The van der Waals surface area contributed by atoms with E-state index >= 15 is 0 Å². The molecule has 110 valence electrons. The van der Waals surface area contributed by atoms with Crippen LogP contribution in [0.25, 0.3) is 0 Å². The molecule has 0 heterocycles. The molecule has 0 fully saturated rings. The van der Waals surface area contributed by atoms with Crippen LogP contribution in [0, 0.1) is 5.41 Å². The van der Waals surface area contributed by atoms with Gasteiger partial charge in [0.2, 0.25) is 0 Å². The lowest BCUT2D eigenvalue weighted by Crippen LogP contribution is -2.19. The summed E-state index contributed by atoms with van der Waals surface area (Å²) < 4.78 is 0. The van der Waals surface area contributed by atoms with Gasteiger partial charge >= 0.3 is 0 Å². The molecule has 0 aromatic heterocycles. The first-order valence-corrected chi connectivity index (χ1v) is 7.73. The number of rotatable bonds is 4. The monoisotopic (exact) mass is 270 g/mol. The molecule has 0 bridgehead atoms. The zero-order chi connectivity index (χ0) is 15.2. The fraction of sp³-hybridized carbons (Fsp3) is 0.500. The Bertz CT molecular complexity index is 476. The lowest BCUT2D eigenvalue weighted by Gasteiger charge is -2.32. The van der Waals surface area contributed by atoms with Gasteiger partial charge in [0.15, 0.2) is 0 Å². The molecule has 0 amide bonds. The largest absolute Gasteiger partial charge is 0.0847 e. The van der Waals surface area contributed by atoms with Crippen molar-refractivity contribution in [2.75, 3.05) is 0 Å². The first-order valence-electron chi connectivity index (χ1n) is 7.73. The highest BCUT2D eigenvalue weighted by Crippen LogP contribution is 2.40. The van der Waals surface area contributed by atoms with Crippen LogP contribution in [0.3, 0.4) is 0 Å². The fourth-order valence-corrected chi connectivity index (χ4v) is 2.73. The quantitative estimate of drug-likeness (QED) is 0.509. The van der Waals surface area contributed by atoms with Gasteiger partial charge < -0.3 is 0 Å². The lowest BCUT2D eigenvalue weighted by molar-refractivity contribution is 0.377. The summed E-state index contributed by atoms with van der Waals surface area (Å²) in [7, 11) is 0. The second kappa shape index (κ2) is 7.47. The van der Waals surface area contributed by atoms with Crippen molar-refractivity contribution < 1.29 is 0 Å². The number of allylic oxidation sites excluding steroid dienone is 10. The third kappa shape index (κ3) is 5.00. The minimum Gasteiger partial charge on any atom is -0.0847 e. The van der Waals surface area contributed by atoms with E-state index in [1.807, 2.05) is 0 Å². The highest BCUT2D eigenvalue weighted by Gasteiger charge is 2.26. The van der Waals surface area contributed by atoms with Gasteiger partial charge in [-0.1, -0.05) is 67.0 Å². The van der Waals surface area contributed by atoms with Crippen LogP contribution in [0.15, 0.2) is 58.7 Å². The van der Waals surface area contributed by atoms with E-state index in [-0.39, 0.29) is 0 Å². The van der Waals surface area contributed by atoms with Gasteiger partial charge in [0.05, 0.1) is 0 Å². The van der Waals surface area contributed by atoms with Crippen molar-refractivity contribution in [3.63, 3.8) is 0 Å². The third-order valence-corrected chi connectivity index (χ3v) is 4.23. The standard InChI is InChI=1S/C20H30/c1-7-16(2)10-8-11-17(3)13-14-19-18(4)12-9-15-20(19,5)6/h7-8,10-11,13-14H,9,12,15H2,1-6H3/b10-8-,14-13?,16-7?,17-11?. The minimum absolute atomic E-state index is 0.330. The molecule has 0 saturated carbocycles. The highest BCUT2D eigenvalue weighted by atomic mass is 14.3. The molecule has 1 aliphatic rings. The lowest BCUT2D eigenvalue weighted by atomic mass is 9.72. The van der Waals surface area contributed by atoms with E-state index < -0.39 is 0 Å². The molecule has 0 atom stereocenters. The summed E-state index contributed by atoms with van der Waals surface area (Å²) in [6, 6.07) is 0. The molecule has 1 aliphatic carbocycles. The van der Waals surface area contributed by atoms with Crippen LogP contribution in [0.2, 0.25) is 0 Å². The molecular formula is C20H30. The maximum absolute atomic E-state index is 2.36. The van der Waals surface area contributed by atoms with Crippen molar-refractivity contribution in [3.05, 3.63) is 58.7 Å². The van der Waals surface area contributed by atoms with Crippen LogP contribution < -0.4 is 0 Å². The summed E-state index contributed by atoms with van der Waals surface area (Å²) in [6.07, 6.45) is 17.0. The van der Waals surface area contributed by atoms with Crippen molar-refractivity contribution in [1.29, 1.82) is 0 Å². The Morgan fingerprint density at radius 1 is 1.10 bits per heavy atom.